The lowest BCUT2D eigenvalue weighted by Gasteiger charge is -2.50. The number of amides is 2. The highest BCUT2D eigenvalue weighted by molar-refractivity contribution is 6.01. The number of carbonyl (C=O) groups excluding carboxylic acids is 2. The van der Waals surface area contributed by atoms with Crippen LogP contribution in [0.3, 0.4) is 0 Å². The third-order valence-electron chi connectivity index (χ3n) is 8.71. The molecule has 2 aliphatic heterocycles. The Balaban J connectivity index is 1.20. The van der Waals surface area contributed by atoms with Gasteiger partial charge < -0.3 is 9.52 Å². The maximum atomic E-state index is 16.2. The Morgan fingerprint density at radius 1 is 1.11 bits per heavy atom. The summed E-state index contributed by atoms with van der Waals surface area (Å²) in [4.78, 5) is 30.5. The number of rotatable bonds is 5. The standard InChI is InChI=1S/C31H29F4N5O4/c1-29(2)16-40(15-17-3-5-18(6-4-17)27-38-39-28(44-27)31(33,34)35)12-11-30(29,43)22-8-9-23-21(25(22)32)13-19(14-36-23)20-7-10-24(41)37-26(20)42/h3-6,8-9,13-14,20,43H,7,10-12,15-16H2,1-2H3,(H,37,41,42). The van der Waals surface area contributed by atoms with Crippen LogP contribution >= 0.6 is 0 Å². The van der Waals surface area contributed by atoms with E-state index in [1.54, 1.807) is 42.5 Å². The van der Waals surface area contributed by atoms with E-state index in [1.165, 1.54) is 6.20 Å². The maximum absolute atomic E-state index is 16.2. The highest BCUT2D eigenvalue weighted by atomic mass is 19.4. The highest BCUT2D eigenvalue weighted by Gasteiger charge is 2.50. The number of benzene rings is 2. The van der Waals surface area contributed by atoms with E-state index in [1.807, 2.05) is 13.8 Å². The van der Waals surface area contributed by atoms with Gasteiger partial charge in [0.15, 0.2) is 0 Å². The van der Waals surface area contributed by atoms with Crippen molar-refractivity contribution >= 4 is 22.7 Å². The summed E-state index contributed by atoms with van der Waals surface area (Å²) in [7, 11) is 0. The molecule has 0 aliphatic carbocycles. The molecule has 2 aliphatic rings. The fourth-order valence-corrected chi connectivity index (χ4v) is 6.23. The zero-order valence-corrected chi connectivity index (χ0v) is 23.9. The van der Waals surface area contributed by atoms with Gasteiger partial charge in [0.2, 0.25) is 17.7 Å². The van der Waals surface area contributed by atoms with E-state index in [4.69, 9.17) is 4.42 Å². The second-order valence-corrected chi connectivity index (χ2v) is 12.1. The molecule has 2 N–H and O–H groups in total. The van der Waals surface area contributed by atoms with Crippen molar-refractivity contribution in [3.8, 4) is 11.5 Å². The van der Waals surface area contributed by atoms with E-state index in [0.717, 1.165) is 5.56 Å². The number of alkyl halides is 3. The smallest absolute Gasteiger partial charge is 0.413 e. The molecule has 9 nitrogen and oxygen atoms in total. The molecule has 230 valence electrons. The van der Waals surface area contributed by atoms with Gasteiger partial charge in [-0.1, -0.05) is 32.0 Å². The predicted molar refractivity (Wildman–Crippen MR) is 149 cm³/mol. The zero-order chi connectivity index (χ0) is 31.4. The third-order valence-corrected chi connectivity index (χ3v) is 8.71. The van der Waals surface area contributed by atoms with Crippen LogP contribution < -0.4 is 5.32 Å². The average molecular weight is 612 g/mol. The van der Waals surface area contributed by atoms with Gasteiger partial charge in [0.1, 0.15) is 5.82 Å². The van der Waals surface area contributed by atoms with Gasteiger partial charge >= 0.3 is 12.1 Å². The quantitative estimate of drug-likeness (QED) is 0.237. The van der Waals surface area contributed by atoms with Crippen LogP contribution in [0, 0.1) is 11.2 Å². The van der Waals surface area contributed by atoms with E-state index < -0.39 is 40.7 Å². The number of likely N-dealkylation sites (tertiary alicyclic amines) is 1. The Labute approximate surface area is 249 Å². The van der Waals surface area contributed by atoms with Crippen LogP contribution in [0.5, 0.6) is 0 Å². The number of nitrogens with one attached hydrogen (secondary N) is 1. The van der Waals surface area contributed by atoms with Gasteiger partial charge in [-0.2, -0.15) is 13.2 Å². The van der Waals surface area contributed by atoms with Gasteiger partial charge in [-0.15, -0.1) is 10.2 Å². The van der Waals surface area contributed by atoms with Crippen LogP contribution in [0.4, 0.5) is 17.6 Å². The molecule has 2 aromatic heterocycles. The van der Waals surface area contributed by atoms with E-state index in [2.05, 4.69) is 25.4 Å². The number of hydrogen-bond donors (Lipinski definition) is 2. The van der Waals surface area contributed by atoms with Crippen molar-refractivity contribution in [1.82, 2.24) is 25.4 Å². The molecule has 4 aromatic rings. The first kappa shape index (κ1) is 29.8. The average Bonchev–Trinajstić information content (AvgIpc) is 3.47. The number of fused-ring (bicyclic) bond motifs is 1. The van der Waals surface area contributed by atoms with Crippen molar-refractivity contribution in [1.29, 1.82) is 0 Å². The second kappa shape index (κ2) is 10.7. The SMILES string of the molecule is CC1(C)CN(Cc2ccc(-c3nnc(C(F)(F)F)o3)cc2)CCC1(O)c1ccc2ncc(C3CCC(=O)NC3=O)cc2c1F. The molecule has 2 unspecified atom stereocenters. The largest absolute Gasteiger partial charge is 0.470 e. The monoisotopic (exact) mass is 611 g/mol. The summed E-state index contributed by atoms with van der Waals surface area (Å²) in [5.41, 5.74) is -0.0119. The molecule has 13 heteroatoms. The van der Waals surface area contributed by atoms with Crippen molar-refractivity contribution in [3.63, 3.8) is 0 Å². The molecule has 2 amide bonds. The van der Waals surface area contributed by atoms with E-state index in [0.29, 0.717) is 42.7 Å². The second-order valence-electron chi connectivity index (χ2n) is 12.1. The van der Waals surface area contributed by atoms with Crippen LogP contribution in [-0.2, 0) is 27.9 Å². The molecule has 2 atom stereocenters. The van der Waals surface area contributed by atoms with Gasteiger partial charge in [-0.25, -0.2) is 4.39 Å². The molecule has 2 saturated heterocycles. The first-order chi connectivity index (χ1) is 20.7. The highest BCUT2D eigenvalue weighted by Crippen LogP contribution is 2.48. The van der Waals surface area contributed by atoms with Crippen molar-refractivity contribution in [2.24, 2.45) is 5.41 Å². The minimum absolute atomic E-state index is 0.152. The van der Waals surface area contributed by atoms with E-state index in [-0.39, 0.29) is 35.6 Å². The van der Waals surface area contributed by atoms with Crippen molar-refractivity contribution in [3.05, 3.63) is 77.1 Å². The molecule has 2 aromatic carbocycles. The lowest BCUT2D eigenvalue weighted by atomic mass is 9.66. The molecular formula is C31H29F4N5O4. The first-order valence-corrected chi connectivity index (χ1v) is 14.1. The minimum atomic E-state index is -4.72. The number of aliphatic hydroxyl groups is 1. The minimum Gasteiger partial charge on any atom is -0.413 e. The fraction of sp³-hybridized carbons (Fsp3) is 0.387. The summed E-state index contributed by atoms with van der Waals surface area (Å²) in [5, 5.41) is 21.1. The predicted octanol–water partition coefficient (Wildman–Crippen LogP) is 5.08. The lowest BCUT2D eigenvalue weighted by Crippen LogP contribution is -2.55. The normalized spacial score (nSPS) is 22.8. The van der Waals surface area contributed by atoms with E-state index in [9.17, 15) is 27.9 Å². The zero-order valence-electron chi connectivity index (χ0n) is 23.9. The number of halogens is 4. The Morgan fingerprint density at radius 3 is 2.52 bits per heavy atom. The molecule has 6 rings (SSSR count). The molecule has 4 heterocycles. The van der Waals surface area contributed by atoms with Crippen LogP contribution in [0.2, 0.25) is 0 Å². The summed E-state index contributed by atoms with van der Waals surface area (Å²) < 4.78 is 59.3. The number of pyridine rings is 1. The summed E-state index contributed by atoms with van der Waals surface area (Å²) in [6, 6.07) is 11.5. The van der Waals surface area contributed by atoms with Gasteiger partial charge in [0.25, 0.3) is 0 Å². The van der Waals surface area contributed by atoms with Crippen molar-refractivity contribution < 1.29 is 36.7 Å². The fourth-order valence-electron chi connectivity index (χ4n) is 6.23. The lowest BCUT2D eigenvalue weighted by molar-refractivity contribution is -0.157. The van der Waals surface area contributed by atoms with Crippen LogP contribution in [-0.4, -0.2) is 50.1 Å². The molecule has 0 bridgehead atoms. The summed E-state index contributed by atoms with van der Waals surface area (Å²) in [6.07, 6.45) is -2.47. The van der Waals surface area contributed by atoms with Crippen molar-refractivity contribution in [2.45, 2.75) is 57.3 Å². The summed E-state index contributed by atoms with van der Waals surface area (Å²) in [5.74, 6) is -3.63. The number of aromatic nitrogens is 3. The van der Waals surface area contributed by atoms with Crippen LogP contribution in [0.15, 0.2) is 53.1 Å². The third kappa shape index (κ3) is 5.34. The Morgan fingerprint density at radius 2 is 1.86 bits per heavy atom. The van der Waals surface area contributed by atoms with E-state index >= 15 is 4.39 Å². The number of nitrogens with zero attached hydrogens (tertiary/aromatic N) is 4. The number of hydrogen-bond acceptors (Lipinski definition) is 8. The van der Waals surface area contributed by atoms with Crippen LogP contribution in [0.1, 0.15) is 61.6 Å². The molecule has 0 saturated carbocycles. The molecule has 0 radical (unpaired) electrons. The number of carbonyl (C=O) groups is 2. The molecule has 0 spiro atoms. The summed E-state index contributed by atoms with van der Waals surface area (Å²) in [6.45, 7) is 5.12. The van der Waals surface area contributed by atoms with Gasteiger partial charge in [0.05, 0.1) is 17.0 Å². The topological polar surface area (TPSA) is 121 Å². The van der Waals surface area contributed by atoms with Gasteiger partial charge in [0, 0.05) is 54.2 Å². The molecule has 44 heavy (non-hydrogen) atoms. The van der Waals surface area contributed by atoms with Gasteiger partial charge in [-0.05, 0) is 48.2 Å². The van der Waals surface area contributed by atoms with Crippen LogP contribution in [0.25, 0.3) is 22.4 Å². The number of piperidine rings is 2. The Hall–Kier alpha value is -4.23. The summed E-state index contributed by atoms with van der Waals surface area (Å²) >= 11 is 0. The van der Waals surface area contributed by atoms with Crippen molar-refractivity contribution in [2.75, 3.05) is 13.1 Å². The number of imide groups is 1. The Bertz CT molecular complexity index is 1750. The van der Waals surface area contributed by atoms with Gasteiger partial charge in [-0.3, -0.25) is 24.8 Å². The first-order valence-electron chi connectivity index (χ1n) is 14.1. The maximum Gasteiger partial charge on any atom is 0.470 e. The Kier molecular flexibility index (Phi) is 7.28. The molecular weight excluding hydrogens is 582 g/mol. The molecule has 2 fully saturated rings.